The van der Waals surface area contributed by atoms with Crippen molar-refractivity contribution in [2.24, 2.45) is 0 Å². The van der Waals surface area contributed by atoms with Crippen LogP contribution in [0.4, 0.5) is 13.2 Å². The maximum atomic E-state index is 13.2. The Morgan fingerprint density at radius 2 is 1.91 bits per heavy atom. The molecule has 0 atom stereocenters. The highest BCUT2D eigenvalue weighted by Crippen LogP contribution is 2.36. The lowest BCUT2D eigenvalue weighted by molar-refractivity contribution is -0.136. The van der Waals surface area contributed by atoms with Gasteiger partial charge >= 0.3 is 6.18 Å². The van der Waals surface area contributed by atoms with Crippen molar-refractivity contribution in [1.29, 1.82) is 0 Å². The third kappa shape index (κ3) is 2.62. The summed E-state index contributed by atoms with van der Waals surface area (Å²) in [6.45, 7) is 3.70. The lowest BCUT2D eigenvalue weighted by Crippen LogP contribution is -2.09. The van der Waals surface area contributed by atoms with Crippen molar-refractivity contribution in [1.82, 2.24) is 14.6 Å². The largest absolute Gasteiger partial charge is 0.508 e. The second-order valence-corrected chi connectivity index (χ2v) is 5.53. The fourth-order valence-electron chi connectivity index (χ4n) is 2.51. The van der Waals surface area contributed by atoms with Crippen molar-refractivity contribution >= 4 is 5.65 Å². The number of hydrogen-bond donors (Lipinski definition) is 1. The number of imidazole rings is 1. The van der Waals surface area contributed by atoms with Gasteiger partial charge in [0.1, 0.15) is 11.3 Å². The Kier molecular flexibility index (Phi) is 3.50. The molecule has 3 aromatic rings. The first kappa shape index (κ1) is 15.3. The molecule has 0 amide bonds. The van der Waals surface area contributed by atoms with E-state index in [0.717, 1.165) is 12.3 Å². The van der Waals surface area contributed by atoms with E-state index in [-0.39, 0.29) is 17.3 Å². The van der Waals surface area contributed by atoms with Crippen LogP contribution in [0.2, 0.25) is 0 Å². The predicted molar refractivity (Wildman–Crippen MR) is 79.2 cm³/mol. The van der Waals surface area contributed by atoms with Gasteiger partial charge in [-0.15, -0.1) is 0 Å². The van der Waals surface area contributed by atoms with Crippen molar-refractivity contribution in [3.05, 3.63) is 47.8 Å². The molecule has 0 saturated heterocycles. The molecular formula is C16H14F3N3O. The van der Waals surface area contributed by atoms with Crippen LogP contribution in [0.1, 0.15) is 31.0 Å². The Hall–Kier alpha value is -2.57. The molecule has 4 nitrogen and oxygen atoms in total. The molecule has 2 aromatic heterocycles. The highest BCUT2D eigenvalue weighted by molar-refractivity contribution is 5.70. The molecule has 0 saturated carbocycles. The summed E-state index contributed by atoms with van der Waals surface area (Å²) in [7, 11) is 0. The van der Waals surface area contributed by atoms with E-state index in [1.807, 2.05) is 13.8 Å². The summed E-state index contributed by atoms with van der Waals surface area (Å²) in [5.41, 5.74) is 0.452. The zero-order valence-electron chi connectivity index (χ0n) is 12.5. The normalized spacial score (nSPS) is 12.3. The minimum atomic E-state index is -4.51. The van der Waals surface area contributed by atoms with Gasteiger partial charge in [0.15, 0.2) is 5.65 Å². The molecule has 0 unspecified atom stereocenters. The van der Waals surface area contributed by atoms with Crippen LogP contribution in [0.15, 0.2) is 36.5 Å². The second-order valence-electron chi connectivity index (χ2n) is 5.53. The van der Waals surface area contributed by atoms with E-state index in [4.69, 9.17) is 0 Å². The summed E-state index contributed by atoms with van der Waals surface area (Å²) in [5.74, 6) is -0.0748. The number of hydrogen-bond acceptors (Lipinski definition) is 3. The molecule has 0 aliphatic rings. The standard InChI is InChI=1S/C16H14F3N3O/c1-9(2)13-14(10-4-3-5-11(23)8-10)22-15(21-13)12(6-7-20-22)16(17,18)19/h3-9,23H,1-2H3. The number of aromatic nitrogens is 3. The van der Waals surface area contributed by atoms with Gasteiger partial charge in [-0.05, 0) is 24.1 Å². The van der Waals surface area contributed by atoms with Crippen LogP contribution in [0, 0.1) is 0 Å². The van der Waals surface area contributed by atoms with Crippen LogP contribution < -0.4 is 0 Å². The first-order valence-electron chi connectivity index (χ1n) is 7.03. The Morgan fingerprint density at radius 3 is 2.52 bits per heavy atom. The van der Waals surface area contributed by atoms with E-state index in [1.165, 1.54) is 16.6 Å². The van der Waals surface area contributed by atoms with E-state index >= 15 is 0 Å². The molecule has 3 rings (SSSR count). The van der Waals surface area contributed by atoms with E-state index < -0.39 is 11.7 Å². The van der Waals surface area contributed by atoms with Gasteiger partial charge in [-0.25, -0.2) is 9.50 Å². The molecule has 0 fully saturated rings. The lowest BCUT2D eigenvalue weighted by Gasteiger charge is -2.09. The van der Waals surface area contributed by atoms with Crippen molar-refractivity contribution in [2.45, 2.75) is 25.9 Å². The number of fused-ring (bicyclic) bond motifs is 1. The highest BCUT2D eigenvalue weighted by atomic mass is 19.4. The van der Waals surface area contributed by atoms with Gasteiger partial charge in [-0.3, -0.25) is 0 Å². The van der Waals surface area contributed by atoms with Crippen molar-refractivity contribution in [3.63, 3.8) is 0 Å². The molecular weight excluding hydrogens is 307 g/mol. The van der Waals surface area contributed by atoms with Crippen LogP contribution in [0.5, 0.6) is 5.75 Å². The summed E-state index contributed by atoms with van der Waals surface area (Å²) in [5, 5.41) is 13.7. The van der Waals surface area contributed by atoms with Gasteiger partial charge in [-0.2, -0.15) is 18.3 Å². The highest BCUT2D eigenvalue weighted by Gasteiger charge is 2.35. The topological polar surface area (TPSA) is 50.4 Å². The molecule has 2 heterocycles. The van der Waals surface area contributed by atoms with E-state index in [1.54, 1.807) is 12.1 Å². The predicted octanol–water partition coefficient (Wildman–Crippen LogP) is 4.24. The number of benzene rings is 1. The second kappa shape index (κ2) is 5.26. The average Bonchev–Trinajstić information content (AvgIpc) is 2.85. The first-order valence-corrected chi connectivity index (χ1v) is 7.03. The SMILES string of the molecule is CC(C)c1nc2c(C(F)(F)F)ccnn2c1-c1cccc(O)c1. The van der Waals surface area contributed by atoms with Crippen LogP contribution >= 0.6 is 0 Å². The van der Waals surface area contributed by atoms with E-state index in [0.29, 0.717) is 17.0 Å². The number of phenols is 1. The minimum absolute atomic E-state index is 0.0270. The smallest absolute Gasteiger partial charge is 0.420 e. The van der Waals surface area contributed by atoms with E-state index in [9.17, 15) is 18.3 Å². The quantitative estimate of drug-likeness (QED) is 0.768. The molecule has 0 aliphatic heterocycles. The monoisotopic (exact) mass is 321 g/mol. The van der Waals surface area contributed by atoms with Gasteiger partial charge < -0.3 is 5.11 Å². The molecule has 7 heteroatoms. The summed E-state index contributed by atoms with van der Waals surface area (Å²) in [6.07, 6.45) is -3.41. The van der Waals surface area contributed by atoms with Gasteiger partial charge in [0.25, 0.3) is 0 Å². The Balaban J connectivity index is 2.39. The maximum Gasteiger partial charge on any atom is 0.420 e. The number of alkyl halides is 3. The number of halogens is 3. The van der Waals surface area contributed by atoms with Crippen LogP contribution in [0.3, 0.4) is 0 Å². The number of aromatic hydroxyl groups is 1. The fraction of sp³-hybridized carbons (Fsp3) is 0.250. The average molecular weight is 321 g/mol. The molecule has 23 heavy (non-hydrogen) atoms. The lowest BCUT2D eigenvalue weighted by atomic mass is 10.0. The Morgan fingerprint density at radius 1 is 1.17 bits per heavy atom. The summed E-state index contributed by atoms with van der Waals surface area (Å²) in [4.78, 5) is 4.18. The van der Waals surface area contributed by atoms with Gasteiger partial charge in [0, 0.05) is 11.8 Å². The van der Waals surface area contributed by atoms with Gasteiger partial charge in [-0.1, -0.05) is 26.0 Å². The molecule has 1 N–H and O–H groups in total. The van der Waals surface area contributed by atoms with Crippen molar-refractivity contribution < 1.29 is 18.3 Å². The minimum Gasteiger partial charge on any atom is -0.508 e. The number of phenolic OH excluding ortho intramolecular Hbond substituents is 1. The van der Waals surface area contributed by atoms with Crippen LogP contribution in [0.25, 0.3) is 16.9 Å². The van der Waals surface area contributed by atoms with E-state index in [2.05, 4.69) is 10.1 Å². The van der Waals surface area contributed by atoms with Gasteiger partial charge in [0.05, 0.1) is 11.4 Å². The first-order chi connectivity index (χ1) is 10.8. The van der Waals surface area contributed by atoms with Crippen LogP contribution in [-0.2, 0) is 6.18 Å². The maximum absolute atomic E-state index is 13.2. The molecule has 120 valence electrons. The molecule has 0 aliphatic carbocycles. The van der Waals surface area contributed by atoms with Gasteiger partial charge in [0.2, 0.25) is 0 Å². The Labute approximate surface area is 130 Å². The summed E-state index contributed by atoms with van der Waals surface area (Å²) in [6, 6.07) is 7.23. The molecule has 0 bridgehead atoms. The number of nitrogens with zero attached hydrogens (tertiary/aromatic N) is 3. The summed E-state index contributed by atoms with van der Waals surface area (Å²) >= 11 is 0. The Bertz CT molecular complexity index is 869. The number of rotatable bonds is 2. The third-order valence-electron chi connectivity index (χ3n) is 3.52. The summed E-state index contributed by atoms with van der Waals surface area (Å²) < 4.78 is 40.8. The fourth-order valence-corrected chi connectivity index (χ4v) is 2.51. The van der Waals surface area contributed by atoms with Crippen molar-refractivity contribution in [3.8, 4) is 17.0 Å². The van der Waals surface area contributed by atoms with Crippen LogP contribution in [-0.4, -0.2) is 19.7 Å². The molecule has 0 radical (unpaired) electrons. The molecule has 1 aromatic carbocycles. The molecule has 0 spiro atoms. The zero-order valence-corrected chi connectivity index (χ0v) is 12.5. The van der Waals surface area contributed by atoms with Crippen molar-refractivity contribution in [2.75, 3.05) is 0 Å². The zero-order chi connectivity index (χ0) is 16.8. The third-order valence-corrected chi connectivity index (χ3v) is 3.52.